The summed E-state index contributed by atoms with van der Waals surface area (Å²) < 4.78 is 0. The van der Waals surface area contributed by atoms with E-state index < -0.39 is 17.5 Å². The van der Waals surface area contributed by atoms with Crippen LogP contribution in [0.4, 0.5) is 4.79 Å². The molecular weight excluding hydrogens is 182 g/mol. The number of likely N-dealkylation sites (tertiary alicyclic amines) is 1. The Hall–Kier alpha value is -1.26. The lowest BCUT2D eigenvalue weighted by molar-refractivity contribution is -0.128. The Balaban J connectivity index is 2.32. The van der Waals surface area contributed by atoms with Gasteiger partial charge in [0.05, 0.1) is 0 Å². The van der Waals surface area contributed by atoms with Crippen molar-refractivity contribution in [3.8, 4) is 0 Å². The van der Waals surface area contributed by atoms with Crippen LogP contribution in [-0.2, 0) is 4.79 Å². The minimum Gasteiger partial charge on any atom is -0.368 e. The highest BCUT2D eigenvalue weighted by Gasteiger charge is 2.57. The van der Waals surface area contributed by atoms with Gasteiger partial charge in [-0.2, -0.15) is 0 Å². The van der Waals surface area contributed by atoms with Crippen molar-refractivity contribution in [2.45, 2.75) is 31.2 Å². The molecule has 5 nitrogen and oxygen atoms in total. The minimum atomic E-state index is -0.758. The number of rotatable bonds is 2. The summed E-state index contributed by atoms with van der Waals surface area (Å²) in [5.74, 6) is -0.147. The van der Waals surface area contributed by atoms with Crippen LogP contribution in [0.2, 0.25) is 0 Å². The molecule has 1 heterocycles. The number of hydrogen-bond donors (Lipinski definition) is 2. The van der Waals surface area contributed by atoms with Crippen molar-refractivity contribution in [2.75, 3.05) is 6.54 Å². The molecule has 1 saturated carbocycles. The molecule has 2 aliphatic rings. The van der Waals surface area contributed by atoms with E-state index in [1.54, 1.807) is 0 Å². The molecule has 1 unspecified atom stereocenters. The van der Waals surface area contributed by atoms with Crippen molar-refractivity contribution in [3.63, 3.8) is 0 Å². The maximum absolute atomic E-state index is 11.5. The maximum Gasteiger partial charge on any atom is 0.315 e. The standard InChI is InChI=1S/C9H15N3O2/c10-7(13)9(6-2-3-6)4-1-5-12(9)8(11)14/h6H,1-5H2,(H2,10,13)(H2,11,14). The van der Waals surface area contributed by atoms with E-state index in [1.165, 1.54) is 4.90 Å². The van der Waals surface area contributed by atoms with Gasteiger partial charge in [0.1, 0.15) is 5.54 Å². The SMILES string of the molecule is NC(=O)N1CCCC1(C(N)=O)C1CC1. The largest absolute Gasteiger partial charge is 0.368 e. The van der Waals surface area contributed by atoms with Gasteiger partial charge in [-0.1, -0.05) is 0 Å². The Bertz CT molecular complexity index is 288. The first-order chi connectivity index (χ1) is 6.59. The molecule has 2 fully saturated rings. The van der Waals surface area contributed by atoms with Crippen molar-refractivity contribution >= 4 is 11.9 Å². The Morgan fingerprint density at radius 1 is 1.29 bits per heavy atom. The van der Waals surface area contributed by atoms with Crippen LogP contribution in [0.5, 0.6) is 0 Å². The molecule has 0 aromatic carbocycles. The van der Waals surface area contributed by atoms with Crippen LogP contribution in [0.15, 0.2) is 0 Å². The topological polar surface area (TPSA) is 89.4 Å². The van der Waals surface area contributed by atoms with Gasteiger partial charge in [-0.25, -0.2) is 4.79 Å². The molecule has 1 aliphatic heterocycles. The first-order valence-corrected chi connectivity index (χ1v) is 4.96. The van der Waals surface area contributed by atoms with Crippen LogP contribution < -0.4 is 11.5 Å². The van der Waals surface area contributed by atoms with Gasteiger partial charge in [0, 0.05) is 6.54 Å². The number of amides is 3. The van der Waals surface area contributed by atoms with Crippen LogP contribution >= 0.6 is 0 Å². The molecule has 14 heavy (non-hydrogen) atoms. The molecule has 0 spiro atoms. The molecule has 0 radical (unpaired) electrons. The summed E-state index contributed by atoms with van der Waals surface area (Å²) in [7, 11) is 0. The summed E-state index contributed by atoms with van der Waals surface area (Å²) in [6.45, 7) is 0.564. The molecule has 1 saturated heterocycles. The summed E-state index contributed by atoms with van der Waals surface area (Å²) in [6, 6.07) is -0.520. The quantitative estimate of drug-likeness (QED) is 0.641. The van der Waals surface area contributed by atoms with Gasteiger partial charge in [-0.15, -0.1) is 0 Å². The van der Waals surface area contributed by atoms with Crippen molar-refractivity contribution in [2.24, 2.45) is 17.4 Å². The zero-order valence-corrected chi connectivity index (χ0v) is 8.03. The average Bonchev–Trinajstić information content (AvgIpc) is 2.84. The van der Waals surface area contributed by atoms with Crippen molar-refractivity contribution in [1.29, 1.82) is 0 Å². The smallest absolute Gasteiger partial charge is 0.315 e. The van der Waals surface area contributed by atoms with Crippen molar-refractivity contribution in [3.05, 3.63) is 0 Å². The van der Waals surface area contributed by atoms with Gasteiger partial charge in [0.25, 0.3) is 0 Å². The molecule has 5 heteroatoms. The van der Waals surface area contributed by atoms with E-state index in [0.29, 0.717) is 13.0 Å². The van der Waals surface area contributed by atoms with E-state index in [0.717, 1.165) is 19.3 Å². The number of nitrogens with two attached hydrogens (primary N) is 2. The number of hydrogen-bond acceptors (Lipinski definition) is 2. The molecule has 0 aromatic heterocycles. The molecule has 78 valence electrons. The van der Waals surface area contributed by atoms with Gasteiger partial charge in [0.15, 0.2) is 0 Å². The minimum absolute atomic E-state index is 0.245. The predicted octanol–water partition coefficient (Wildman–Crippen LogP) is -0.205. The zero-order valence-electron chi connectivity index (χ0n) is 8.03. The molecule has 1 aliphatic carbocycles. The van der Waals surface area contributed by atoms with Gasteiger partial charge >= 0.3 is 6.03 Å². The van der Waals surface area contributed by atoms with Crippen LogP contribution in [0, 0.1) is 5.92 Å². The fourth-order valence-electron chi connectivity index (χ4n) is 2.59. The zero-order chi connectivity index (χ0) is 10.3. The Morgan fingerprint density at radius 3 is 2.36 bits per heavy atom. The first kappa shape index (κ1) is 9.30. The molecule has 3 amide bonds. The van der Waals surface area contributed by atoms with Gasteiger partial charge in [0.2, 0.25) is 5.91 Å². The number of primary amides is 2. The summed E-state index contributed by atoms with van der Waals surface area (Å²) in [6.07, 6.45) is 3.46. The third-order valence-electron chi connectivity index (χ3n) is 3.37. The van der Waals surface area contributed by atoms with E-state index in [-0.39, 0.29) is 5.92 Å². The lowest BCUT2D eigenvalue weighted by Crippen LogP contribution is -2.58. The Labute approximate surface area is 82.4 Å². The fourth-order valence-corrected chi connectivity index (χ4v) is 2.59. The Morgan fingerprint density at radius 2 is 1.93 bits per heavy atom. The highest BCUT2D eigenvalue weighted by molar-refractivity contribution is 5.90. The van der Waals surface area contributed by atoms with Gasteiger partial charge in [-0.3, -0.25) is 4.79 Å². The monoisotopic (exact) mass is 197 g/mol. The number of urea groups is 1. The first-order valence-electron chi connectivity index (χ1n) is 4.96. The summed E-state index contributed by atoms with van der Waals surface area (Å²) in [4.78, 5) is 24.2. The maximum atomic E-state index is 11.5. The van der Waals surface area contributed by atoms with E-state index in [1.807, 2.05) is 0 Å². The van der Waals surface area contributed by atoms with E-state index in [2.05, 4.69) is 0 Å². The van der Waals surface area contributed by atoms with Crippen LogP contribution in [0.3, 0.4) is 0 Å². The molecule has 4 N–H and O–H groups in total. The van der Waals surface area contributed by atoms with E-state index in [9.17, 15) is 9.59 Å². The summed E-state index contributed by atoms with van der Waals surface area (Å²) >= 11 is 0. The van der Waals surface area contributed by atoms with Crippen LogP contribution in [-0.4, -0.2) is 28.9 Å². The van der Waals surface area contributed by atoms with Crippen LogP contribution in [0.1, 0.15) is 25.7 Å². The van der Waals surface area contributed by atoms with Gasteiger partial charge < -0.3 is 16.4 Å². The van der Waals surface area contributed by atoms with E-state index >= 15 is 0 Å². The van der Waals surface area contributed by atoms with Crippen LogP contribution in [0.25, 0.3) is 0 Å². The lowest BCUT2D eigenvalue weighted by atomic mass is 9.89. The average molecular weight is 197 g/mol. The molecular formula is C9H15N3O2. The normalized spacial score (nSPS) is 31.9. The third kappa shape index (κ3) is 1.08. The summed E-state index contributed by atoms with van der Waals surface area (Å²) in [5, 5.41) is 0. The predicted molar refractivity (Wildman–Crippen MR) is 50.2 cm³/mol. The summed E-state index contributed by atoms with van der Waals surface area (Å²) in [5.41, 5.74) is 9.91. The Kier molecular flexibility index (Phi) is 1.90. The second-order valence-electron chi connectivity index (χ2n) is 4.16. The number of nitrogens with zero attached hydrogens (tertiary/aromatic N) is 1. The molecule has 2 rings (SSSR count). The lowest BCUT2D eigenvalue weighted by Gasteiger charge is -2.34. The van der Waals surface area contributed by atoms with Crippen molar-refractivity contribution < 1.29 is 9.59 Å². The molecule has 0 bridgehead atoms. The number of carbonyl (C=O) groups excluding carboxylic acids is 2. The number of carbonyl (C=O) groups is 2. The fraction of sp³-hybridized carbons (Fsp3) is 0.778. The second-order valence-corrected chi connectivity index (χ2v) is 4.16. The molecule has 0 aromatic rings. The highest BCUT2D eigenvalue weighted by atomic mass is 16.2. The second kappa shape index (κ2) is 2.87. The highest BCUT2D eigenvalue weighted by Crippen LogP contribution is 2.48. The van der Waals surface area contributed by atoms with Gasteiger partial charge in [-0.05, 0) is 31.6 Å². The van der Waals surface area contributed by atoms with Crippen molar-refractivity contribution in [1.82, 2.24) is 4.90 Å². The third-order valence-corrected chi connectivity index (χ3v) is 3.37. The molecule has 1 atom stereocenters. The van der Waals surface area contributed by atoms with E-state index in [4.69, 9.17) is 11.5 Å².